The fourth-order valence-corrected chi connectivity index (χ4v) is 1.18. The second-order valence-electron chi connectivity index (χ2n) is 2.85. The van der Waals surface area contributed by atoms with Gasteiger partial charge in [-0.05, 0) is 25.5 Å². The van der Waals surface area contributed by atoms with E-state index in [0.717, 1.165) is 11.3 Å². The molecule has 1 atom stereocenters. The van der Waals surface area contributed by atoms with Gasteiger partial charge >= 0.3 is 0 Å². The van der Waals surface area contributed by atoms with Crippen molar-refractivity contribution < 1.29 is 9.15 Å². The van der Waals surface area contributed by atoms with Crippen LogP contribution >= 0.6 is 0 Å². The molecule has 13 heavy (non-hydrogen) atoms. The van der Waals surface area contributed by atoms with Gasteiger partial charge in [-0.2, -0.15) is 0 Å². The number of furan rings is 1. The highest BCUT2D eigenvalue weighted by molar-refractivity contribution is 5.18. The summed E-state index contributed by atoms with van der Waals surface area (Å²) in [5.74, 6) is 6.23. The smallest absolute Gasteiger partial charge is 0.127 e. The number of nitrogens with two attached hydrogens (primary N) is 1. The van der Waals surface area contributed by atoms with Crippen molar-refractivity contribution in [3.63, 3.8) is 0 Å². The number of hydrogen-bond acceptors (Lipinski definition) is 4. The van der Waals surface area contributed by atoms with Crippen LogP contribution in [0.2, 0.25) is 0 Å². The molecule has 0 saturated carbocycles. The summed E-state index contributed by atoms with van der Waals surface area (Å²) in [5, 5.41) is 0. The maximum atomic E-state index is 5.38. The van der Waals surface area contributed by atoms with Crippen molar-refractivity contribution in [3.05, 3.63) is 23.7 Å². The van der Waals surface area contributed by atoms with Gasteiger partial charge in [-0.1, -0.05) is 0 Å². The Morgan fingerprint density at radius 2 is 2.46 bits per heavy atom. The number of nitrogens with one attached hydrogen (secondary N) is 1. The van der Waals surface area contributed by atoms with Crippen molar-refractivity contribution in [2.75, 3.05) is 13.2 Å². The Balaban J connectivity index is 2.61. The first kappa shape index (κ1) is 10.2. The van der Waals surface area contributed by atoms with Crippen LogP contribution in [0, 0.1) is 6.92 Å². The van der Waals surface area contributed by atoms with Gasteiger partial charge in [0.05, 0.1) is 12.9 Å². The topological polar surface area (TPSA) is 60.4 Å². The lowest BCUT2D eigenvalue weighted by molar-refractivity contribution is 0.116. The molecule has 1 unspecified atom stereocenters. The minimum Gasteiger partial charge on any atom is -0.467 e. The van der Waals surface area contributed by atoms with Gasteiger partial charge in [0.1, 0.15) is 11.8 Å². The van der Waals surface area contributed by atoms with Gasteiger partial charge in [0, 0.05) is 6.61 Å². The zero-order valence-electron chi connectivity index (χ0n) is 8.04. The van der Waals surface area contributed by atoms with Crippen molar-refractivity contribution >= 4 is 0 Å². The first-order valence-electron chi connectivity index (χ1n) is 4.37. The Morgan fingerprint density at radius 3 is 2.92 bits per heavy atom. The number of aryl methyl sites for hydroxylation is 1. The van der Waals surface area contributed by atoms with Gasteiger partial charge in [0.25, 0.3) is 0 Å². The van der Waals surface area contributed by atoms with E-state index in [-0.39, 0.29) is 6.04 Å². The molecule has 0 aliphatic rings. The highest BCUT2D eigenvalue weighted by Crippen LogP contribution is 2.17. The van der Waals surface area contributed by atoms with E-state index in [0.29, 0.717) is 13.2 Å². The Morgan fingerprint density at radius 1 is 1.69 bits per heavy atom. The van der Waals surface area contributed by atoms with E-state index >= 15 is 0 Å². The quantitative estimate of drug-likeness (QED) is 0.532. The fourth-order valence-electron chi connectivity index (χ4n) is 1.18. The van der Waals surface area contributed by atoms with Crippen LogP contribution in [0.4, 0.5) is 0 Å². The molecule has 0 radical (unpaired) electrons. The molecule has 1 rings (SSSR count). The molecule has 4 heteroatoms. The second kappa shape index (κ2) is 5.01. The van der Waals surface area contributed by atoms with E-state index in [1.165, 1.54) is 0 Å². The zero-order chi connectivity index (χ0) is 9.68. The average Bonchev–Trinajstić information content (AvgIpc) is 2.54. The SMILES string of the molecule is CCOCC(NN)c1occc1C. The molecule has 1 heterocycles. The molecule has 0 aliphatic heterocycles. The Labute approximate surface area is 78.0 Å². The minimum atomic E-state index is -0.0602. The normalized spacial score (nSPS) is 13.2. The summed E-state index contributed by atoms with van der Waals surface area (Å²) in [6.45, 7) is 5.14. The summed E-state index contributed by atoms with van der Waals surface area (Å²) in [4.78, 5) is 0. The highest BCUT2D eigenvalue weighted by Gasteiger charge is 2.14. The fraction of sp³-hybridized carbons (Fsp3) is 0.556. The standard InChI is InChI=1S/C9H16N2O2/c1-3-12-6-8(11-10)9-7(2)4-5-13-9/h4-5,8,11H,3,6,10H2,1-2H3. The lowest BCUT2D eigenvalue weighted by atomic mass is 10.2. The summed E-state index contributed by atoms with van der Waals surface area (Å²) in [5.41, 5.74) is 3.75. The van der Waals surface area contributed by atoms with E-state index in [9.17, 15) is 0 Å². The van der Waals surface area contributed by atoms with Crippen LogP contribution in [0.25, 0.3) is 0 Å². The predicted octanol–water partition coefficient (Wildman–Crippen LogP) is 1.13. The molecule has 0 bridgehead atoms. The summed E-state index contributed by atoms with van der Waals surface area (Å²) >= 11 is 0. The molecule has 4 nitrogen and oxygen atoms in total. The molecule has 0 spiro atoms. The van der Waals surface area contributed by atoms with Crippen LogP contribution in [0.15, 0.2) is 16.7 Å². The Kier molecular flexibility index (Phi) is 3.95. The second-order valence-corrected chi connectivity index (χ2v) is 2.85. The first-order valence-corrected chi connectivity index (χ1v) is 4.37. The number of hydrazine groups is 1. The van der Waals surface area contributed by atoms with Crippen molar-refractivity contribution in [1.82, 2.24) is 5.43 Å². The van der Waals surface area contributed by atoms with Gasteiger partial charge in [0.15, 0.2) is 0 Å². The predicted molar refractivity (Wildman–Crippen MR) is 50.0 cm³/mol. The molecule has 0 aromatic carbocycles. The molecule has 3 N–H and O–H groups in total. The van der Waals surface area contributed by atoms with Crippen LogP contribution in [0.1, 0.15) is 24.3 Å². The van der Waals surface area contributed by atoms with Crippen molar-refractivity contribution in [2.45, 2.75) is 19.9 Å². The molecule has 0 fully saturated rings. The molecular weight excluding hydrogens is 168 g/mol. The van der Waals surface area contributed by atoms with Crippen LogP contribution in [0.3, 0.4) is 0 Å². The summed E-state index contributed by atoms with van der Waals surface area (Å²) in [6, 6.07) is 1.85. The van der Waals surface area contributed by atoms with E-state index in [2.05, 4.69) is 5.43 Å². The third kappa shape index (κ3) is 2.55. The van der Waals surface area contributed by atoms with Gasteiger partial charge in [0.2, 0.25) is 0 Å². The summed E-state index contributed by atoms with van der Waals surface area (Å²) in [6.07, 6.45) is 1.65. The maximum absolute atomic E-state index is 5.38. The third-order valence-electron chi connectivity index (χ3n) is 1.91. The minimum absolute atomic E-state index is 0.0602. The lowest BCUT2D eigenvalue weighted by Gasteiger charge is -2.13. The molecular formula is C9H16N2O2. The van der Waals surface area contributed by atoms with E-state index in [1.807, 2.05) is 19.9 Å². The highest BCUT2D eigenvalue weighted by atomic mass is 16.5. The zero-order valence-corrected chi connectivity index (χ0v) is 8.04. The molecule has 74 valence electrons. The molecule has 1 aromatic rings. The van der Waals surface area contributed by atoms with E-state index in [1.54, 1.807) is 6.26 Å². The van der Waals surface area contributed by atoms with Crippen LogP contribution in [-0.2, 0) is 4.74 Å². The van der Waals surface area contributed by atoms with Crippen LogP contribution < -0.4 is 11.3 Å². The van der Waals surface area contributed by atoms with Crippen molar-refractivity contribution in [1.29, 1.82) is 0 Å². The van der Waals surface area contributed by atoms with Gasteiger partial charge in [-0.3, -0.25) is 5.84 Å². The Hall–Kier alpha value is -0.840. The molecule has 0 aliphatic carbocycles. The summed E-state index contributed by atoms with van der Waals surface area (Å²) < 4.78 is 10.6. The number of hydrogen-bond donors (Lipinski definition) is 2. The van der Waals surface area contributed by atoms with Gasteiger partial charge in [-0.15, -0.1) is 0 Å². The van der Waals surface area contributed by atoms with Gasteiger partial charge < -0.3 is 9.15 Å². The van der Waals surface area contributed by atoms with E-state index < -0.39 is 0 Å². The van der Waals surface area contributed by atoms with Crippen LogP contribution in [-0.4, -0.2) is 13.2 Å². The number of ether oxygens (including phenoxy) is 1. The number of rotatable bonds is 5. The van der Waals surface area contributed by atoms with Crippen molar-refractivity contribution in [3.8, 4) is 0 Å². The van der Waals surface area contributed by atoms with Crippen LogP contribution in [0.5, 0.6) is 0 Å². The molecule has 0 saturated heterocycles. The molecule has 0 amide bonds. The maximum Gasteiger partial charge on any atom is 0.127 e. The summed E-state index contributed by atoms with van der Waals surface area (Å²) in [7, 11) is 0. The van der Waals surface area contributed by atoms with Crippen molar-refractivity contribution in [2.24, 2.45) is 5.84 Å². The third-order valence-corrected chi connectivity index (χ3v) is 1.91. The molecule has 1 aromatic heterocycles. The monoisotopic (exact) mass is 184 g/mol. The largest absolute Gasteiger partial charge is 0.467 e. The Bertz CT molecular complexity index is 248. The average molecular weight is 184 g/mol. The van der Waals surface area contributed by atoms with Gasteiger partial charge in [-0.25, -0.2) is 5.43 Å². The van der Waals surface area contributed by atoms with E-state index in [4.69, 9.17) is 15.0 Å². The lowest BCUT2D eigenvalue weighted by Crippen LogP contribution is -2.31. The first-order chi connectivity index (χ1) is 6.29.